The molecule has 2 saturated carbocycles. The molecule has 2 fully saturated rings. The minimum Gasteiger partial charge on any atom is -0.493 e. The minimum absolute atomic E-state index is 0.0587. The summed E-state index contributed by atoms with van der Waals surface area (Å²) >= 11 is 0. The van der Waals surface area contributed by atoms with E-state index in [1.807, 2.05) is 27.7 Å². The van der Waals surface area contributed by atoms with E-state index in [1.165, 1.54) is 18.4 Å². The average molecular weight is 692 g/mol. The predicted molar refractivity (Wildman–Crippen MR) is 197 cm³/mol. The lowest BCUT2D eigenvalue weighted by molar-refractivity contribution is 0.0519. The molecule has 11 heteroatoms. The first-order valence-corrected chi connectivity index (χ1v) is 21.8. The Labute approximate surface area is 293 Å². The molecule has 2 heterocycles. The Bertz CT molecular complexity index is 1640. The van der Waals surface area contributed by atoms with E-state index in [0.29, 0.717) is 61.8 Å². The lowest BCUT2D eigenvalue weighted by Gasteiger charge is -2.42. The molecule has 2 aliphatic carbocycles. The Morgan fingerprint density at radius 2 is 1.78 bits per heavy atom. The van der Waals surface area contributed by atoms with Crippen LogP contribution in [0.15, 0.2) is 24.5 Å². The monoisotopic (exact) mass is 691 g/mol. The highest BCUT2D eigenvalue weighted by atomic mass is 28.3. The highest BCUT2D eigenvalue weighted by molar-refractivity contribution is 6.76. The first-order chi connectivity index (χ1) is 23.0. The smallest absolute Gasteiger partial charge is 0.407 e. The van der Waals surface area contributed by atoms with Gasteiger partial charge in [0.05, 0.1) is 17.7 Å². The van der Waals surface area contributed by atoms with Crippen LogP contribution < -0.4 is 10.1 Å². The second kappa shape index (κ2) is 14.8. The minimum atomic E-state index is -1.31. The molecule has 0 spiro atoms. The number of nitrogens with one attached hydrogen (secondary N) is 1. The number of nitrogens with zero attached hydrogens (tertiary/aromatic N) is 4. The molecule has 0 radical (unpaired) electrons. The van der Waals surface area contributed by atoms with Gasteiger partial charge < -0.3 is 29.4 Å². The van der Waals surface area contributed by atoms with Crippen LogP contribution in [0.1, 0.15) is 101 Å². The summed E-state index contributed by atoms with van der Waals surface area (Å²) in [7, 11) is -1.31. The van der Waals surface area contributed by atoms with Crippen molar-refractivity contribution in [2.75, 3.05) is 13.2 Å². The summed E-state index contributed by atoms with van der Waals surface area (Å²) < 4.78 is 14.8. The lowest BCUT2D eigenvalue weighted by Crippen LogP contribution is -2.53. The molecule has 2 N–H and O–H groups in total. The van der Waals surface area contributed by atoms with E-state index in [0.717, 1.165) is 34.3 Å². The molecule has 49 heavy (non-hydrogen) atoms. The molecule has 0 bridgehead atoms. The molecular formula is C38H57N5O5Si. The van der Waals surface area contributed by atoms with Crippen LogP contribution in [0.3, 0.4) is 0 Å². The zero-order valence-corrected chi connectivity index (χ0v) is 32.1. The van der Waals surface area contributed by atoms with Crippen molar-refractivity contribution in [1.82, 2.24) is 24.8 Å². The number of carboxylic acid groups (broad SMARTS) is 1. The first kappa shape index (κ1) is 36.8. The predicted octanol–water partition coefficient (Wildman–Crippen LogP) is 8.45. The molecule has 0 saturated heterocycles. The molecule has 0 aliphatic heterocycles. The second-order valence-electron chi connectivity index (χ2n) is 16.6. The van der Waals surface area contributed by atoms with Crippen LogP contribution in [-0.4, -0.2) is 75.5 Å². The second-order valence-corrected chi connectivity index (χ2v) is 22.2. The van der Waals surface area contributed by atoms with E-state index in [1.54, 1.807) is 11.2 Å². The van der Waals surface area contributed by atoms with Crippen LogP contribution in [0.2, 0.25) is 25.7 Å². The summed E-state index contributed by atoms with van der Waals surface area (Å²) in [4.78, 5) is 37.4. The fourth-order valence-electron chi connectivity index (χ4n) is 6.89. The highest BCUT2D eigenvalue weighted by Gasteiger charge is 2.36. The van der Waals surface area contributed by atoms with E-state index in [4.69, 9.17) is 19.4 Å². The zero-order valence-electron chi connectivity index (χ0n) is 31.1. The molecule has 2 aromatic heterocycles. The maximum absolute atomic E-state index is 14.2. The van der Waals surface area contributed by atoms with Crippen molar-refractivity contribution in [3.8, 4) is 17.0 Å². The Morgan fingerprint density at radius 3 is 2.37 bits per heavy atom. The van der Waals surface area contributed by atoms with Crippen molar-refractivity contribution in [3.63, 3.8) is 0 Å². The van der Waals surface area contributed by atoms with Crippen molar-refractivity contribution in [2.24, 2.45) is 5.92 Å². The number of benzene rings is 1. The summed E-state index contributed by atoms with van der Waals surface area (Å²) in [6, 6.07) is 7.26. The third-order valence-electron chi connectivity index (χ3n) is 9.96. The average Bonchev–Trinajstić information content (AvgIpc) is 3.79. The number of ether oxygens (including phenoxy) is 2. The molecular weight excluding hydrogens is 635 g/mol. The van der Waals surface area contributed by atoms with Gasteiger partial charge in [-0.25, -0.2) is 14.8 Å². The number of rotatable bonds is 13. The van der Waals surface area contributed by atoms with Gasteiger partial charge in [0.25, 0.3) is 5.91 Å². The summed E-state index contributed by atoms with van der Waals surface area (Å²) in [6.07, 6.45) is 5.85. The number of hydrogen-bond donors (Lipinski definition) is 2. The van der Waals surface area contributed by atoms with Gasteiger partial charge in [-0.05, 0) is 102 Å². The fourth-order valence-corrected chi connectivity index (χ4v) is 7.65. The third-order valence-corrected chi connectivity index (χ3v) is 11.7. The van der Waals surface area contributed by atoms with E-state index < -0.39 is 19.7 Å². The van der Waals surface area contributed by atoms with Gasteiger partial charge >= 0.3 is 6.09 Å². The molecule has 2 amide bonds. The van der Waals surface area contributed by atoms with Crippen LogP contribution in [0.4, 0.5) is 4.79 Å². The fraction of sp³-hybridized carbons (Fsp3) is 0.632. The number of hydrogen-bond acceptors (Lipinski definition) is 6. The largest absolute Gasteiger partial charge is 0.493 e. The van der Waals surface area contributed by atoms with Crippen LogP contribution in [0.5, 0.6) is 5.75 Å². The molecule has 2 aliphatic rings. The summed E-state index contributed by atoms with van der Waals surface area (Å²) in [6.45, 7) is 20.7. The van der Waals surface area contributed by atoms with E-state index in [2.05, 4.69) is 61.6 Å². The van der Waals surface area contributed by atoms with Gasteiger partial charge in [0.15, 0.2) is 0 Å². The SMILES string of the molecule is Cc1c(C(=O)N[C@H]2CC[C@H](N(C(=O)O)C(C)(C)C)CC2)c2ncnc(-c3cc(C(C)C)ccc3OCC3CC3)c2n1COCC[Si](C)(C)C. The van der Waals surface area contributed by atoms with E-state index in [9.17, 15) is 14.7 Å². The van der Waals surface area contributed by atoms with Gasteiger partial charge in [-0.2, -0.15) is 0 Å². The van der Waals surface area contributed by atoms with Crippen LogP contribution in [0.25, 0.3) is 22.3 Å². The molecule has 5 rings (SSSR count). The van der Waals surface area contributed by atoms with E-state index >= 15 is 0 Å². The lowest BCUT2D eigenvalue weighted by atomic mass is 9.88. The quantitative estimate of drug-likeness (QED) is 0.136. The first-order valence-electron chi connectivity index (χ1n) is 18.1. The highest BCUT2D eigenvalue weighted by Crippen LogP contribution is 2.39. The van der Waals surface area contributed by atoms with Crippen LogP contribution in [-0.2, 0) is 11.5 Å². The number of carbonyl (C=O) groups is 2. The van der Waals surface area contributed by atoms with Gasteiger partial charge in [-0.1, -0.05) is 39.6 Å². The number of aromatic nitrogens is 3. The summed E-state index contributed by atoms with van der Waals surface area (Å²) in [5.74, 6) is 1.52. The topological polar surface area (TPSA) is 119 Å². The van der Waals surface area contributed by atoms with Crippen molar-refractivity contribution >= 4 is 31.1 Å². The van der Waals surface area contributed by atoms with Crippen molar-refractivity contribution in [1.29, 1.82) is 0 Å². The van der Waals surface area contributed by atoms with Gasteiger partial charge in [0.2, 0.25) is 0 Å². The van der Waals surface area contributed by atoms with Gasteiger partial charge in [-0.15, -0.1) is 0 Å². The maximum Gasteiger partial charge on any atom is 0.407 e. The Kier molecular flexibility index (Phi) is 11.1. The van der Waals surface area contributed by atoms with Crippen molar-refractivity contribution in [2.45, 2.75) is 136 Å². The standard InChI is InChI=1S/C38H57N5O5Si/c1-24(2)27-12-17-31(48-21-26-10-11-26)30(20-27)33-35-34(40-22-39-33)32(25(3)42(35)23-47-18-19-49(7,8)9)36(44)41-28-13-15-29(16-14-28)43(37(45)46)38(4,5)6/h12,17,20,22,24,26,28-29H,10-11,13-16,18-19,21,23H2,1-9H3,(H,41,44)(H,45,46)/t28-,29-. The van der Waals surface area contributed by atoms with Gasteiger partial charge in [-0.3, -0.25) is 4.79 Å². The number of carbonyl (C=O) groups excluding carboxylic acids is 1. The third kappa shape index (κ3) is 8.84. The van der Waals surface area contributed by atoms with Gasteiger partial charge in [0, 0.05) is 43.6 Å². The number of amides is 2. The number of fused-ring (bicyclic) bond motifs is 1. The van der Waals surface area contributed by atoms with E-state index in [-0.39, 0.29) is 24.7 Å². The molecule has 268 valence electrons. The van der Waals surface area contributed by atoms with Crippen LogP contribution >= 0.6 is 0 Å². The summed E-state index contributed by atoms with van der Waals surface area (Å²) in [5.41, 5.74) is 4.98. The summed E-state index contributed by atoms with van der Waals surface area (Å²) in [5, 5.41) is 13.2. The zero-order chi connectivity index (χ0) is 35.7. The molecule has 3 aromatic rings. The van der Waals surface area contributed by atoms with Gasteiger partial charge in [0.1, 0.15) is 30.0 Å². The Balaban J connectivity index is 1.49. The molecule has 1 aromatic carbocycles. The maximum atomic E-state index is 14.2. The molecule has 10 nitrogen and oxygen atoms in total. The van der Waals surface area contributed by atoms with Crippen molar-refractivity contribution < 1.29 is 24.2 Å². The Hall–Kier alpha value is -3.44. The van der Waals surface area contributed by atoms with Crippen molar-refractivity contribution in [3.05, 3.63) is 41.3 Å². The normalized spacial score (nSPS) is 18.6. The molecule has 0 atom stereocenters. The molecule has 0 unspecified atom stereocenters. The van der Waals surface area contributed by atoms with Crippen LogP contribution in [0, 0.1) is 12.8 Å². The Morgan fingerprint density at radius 1 is 1.08 bits per heavy atom.